The van der Waals surface area contributed by atoms with Crippen molar-refractivity contribution >= 4 is 11.6 Å². The predicted octanol–water partition coefficient (Wildman–Crippen LogP) is 5.50. The molecule has 0 spiro atoms. The number of alkyl halides is 1. The number of hydrogen-bond donors (Lipinski definition) is 0. The van der Waals surface area contributed by atoms with Crippen molar-refractivity contribution in [3.8, 4) is 5.75 Å². The van der Waals surface area contributed by atoms with E-state index in [2.05, 4.69) is 32.9 Å². The quantitative estimate of drug-likeness (QED) is 0.593. The van der Waals surface area contributed by atoms with Gasteiger partial charge in [-0.3, -0.25) is 0 Å². The molecule has 102 valence electrons. The Balaban J connectivity index is 2.89. The average molecular weight is 269 g/mol. The Morgan fingerprint density at radius 3 is 2.22 bits per heavy atom. The van der Waals surface area contributed by atoms with Crippen LogP contribution in [0.5, 0.6) is 5.75 Å². The fourth-order valence-electron chi connectivity index (χ4n) is 2.52. The van der Waals surface area contributed by atoms with E-state index in [1.807, 2.05) is 6.07 Å². The Morgan fingerprint density at radius 1 is 1.17 bits per heavy atom. The van der Waals surface area contributed by atoms with Crippen LogP contribution in [0.1, 0.15) is 56.0 Å². The maximum Gasteiger partial charge on any atom is 0.119 e. The van der Waals surface area contributed by atoms with Gasteiger partial charge in [-0.05, 0) is 48.9 Å². The highest BCUT2D eigenvalue weighted by Crippen LogP contribution is 2.37. The smallest absolute Gasteiger partial charge is 0.119 e. The third-order valence-electron chi connectivity index (χ3n) is 3.51. The highest BCUT2D eigenvalue weighted by Gasteiger charge is 2.21. The van der Waals surface area contributed by atoms with Gasteiger partial charge in [-0.25, -0.2) is 0 Å². The Morgan fingerprint density at radius 2 is 1.78 bits per heavy atom. The summed E-state index contributed by atoms with van der Waals surface area (Å²) in [5, 5.41) is 0.121. The van der Waals surface area contributed by atoms with E-state index in [1.54, 1.807) is 7.11 Å². The van der Waals surface area contributed by atoms with Crippen molar-refractivity contribution in [1.82, 2.24) is 0 Å². The van der Waals surface area contributed by atoms with Crippen LogP contribution in [0.3, 0.4) is 0 Å². The normalized spacial score (nSPS) is 12.8. The predicted molar refractivity (Wildman–Crippen MR) is 79.6 cm³/mol. The molecule has 0 saturated heterocycles. The number of aryl methyl sites for hydroxylation is 1. The summed E-state index contributed by atoms with van der Waals surface area (Å²) in [6.07, 6.45) is 4.80. The molecule has 0 amide bonds. The van der Waals surface area contributed by atoms with Gasteiger partial charge in [-0.1, -0.05) is 32.8 Å². The van der Waals surface area contributed by atoms with Crippen molar-refractivity contribution in [3.63, 3.8) is 0 Å². The number of halogens is 1. The SMILES string of the molecule is CCCC(CCC)C(Cl)c1ccc(OC)cc1C. The summed E-state index contributed by atoms with van der Waals surface area (Å²) in [6.45, 7) is 6.57. The van der Waals surface area contributed by atoms with Crippen LogP contribution in [0.25, 0.3) is 0 Å². The Hall–Kier alpha value is -0.690. The van der Waals surface area contributed by atoms with Gasteiger partial charge in [0.2, 0.25) is 0 Å². The van der Waals surface area contributed by atoms with E-state index in [4.69, 9.17) is 16.3 Å². The minimum absolute atomic E-state index is 0.121. The van der Waals surface area contributed by atoms with Gasteiger partial charge in [0.15, 0.2) is 0 Å². The van der Waals surface area contributed by atoms with Crippen LogP contribution < -0.4 is 4.74 Å². The topological polar surface area (TPSA) is 9.23 Å². The van der Waals surface area contributed by atoms with Crippen molar-refractivity contribution in [1.29, 1.82) is 0 Å². The second kappa shape index (κ2) is 7.68. The number of hydrogen-bond acceptors (Lipinski definition) is 1. The van der Waals surface area contributed by atoms with Gasteiger partial charge in [0, 0.05) is 0 Å². The maximum atomic E-state index is 6.69. The van der Waals surface area contributed by atoms with E-state index in [1.165, 1.54) is 36.8 Å². The van der Waals surface area contributed by atoms with Gasteiger partial charge in [-0.2, -0.15) is 0 Å². The van der Waals surface area contributed by atoms with Gasteiger partial charge in [0.1, 0.15) is 5.75 Å². The van der Waals surface area contributed by atoms with Crippen molar-refractivity contribution in [2.24, 2.45) is 5.92 Å². The second-order valence-corrected chi connectivity index (χ2v) is 5.43. The van der Waals surface area contributed by atoms with Gasteiger partial charge >= 0.3 is 0 Å². The number of rotatable bonds is 7. The molecule has 0 radical (unpaired) electrons. The lowest BCUT2D eigenvalue weighted by Crippen LogP contribution is -2.09. The first-order chi connectivity index (χ1) is 8.63. The van der Waals surface area contributed by atoms with Crippen LogP contribution in [-0.4, -0.2) is 7.11 Å². The molecule has 0 N–H and O–H groups in total. The first-order valence-electron chi connectivity index (χ1n) is 6.92. The lowest BCUT2D eigenvalue weighted by molar-refractivity contribution is 0.411. The van der Waals surface area contributed by atoms with Crippen molar-refractivity contribution in [2.45, 2.75) is 51.8 Å². The van der Waals surface area contributed by atoms with Gasteiger partial charge in [0.05, 0.1) is 12.5 Å². The number of ether oxygens (including phenoxy) is 1. The highest BCUT2D eigenvalue weighted by molar-refractivity contribution is 6.21. The van der Waals surface area contributed by atoms with E-state index in [-0.39, 0.29) is 5.38 Å². The summed E-state index contributed by atoms with van der Waals surface area (Å²) in [5.74, 6) is 1.48. The molecule has 1 atom stereocenters. The summed E-state index contributed by atoms with van der Waals surface area (Å²) >= 11 is 6.69. The molecule has 0 saturated carbocycles. The second-order valence-electron chi connectivity index (χ2n) is 4.96. The lowest BCUT2D eigenvalue weighted by atomic mass is 9.89. The number of benzene rings is 1. The standard InChI is InChI=1S/C16H25ClO/c1-5-7-13(8-6-2)16(17)15-10-9-14(18-4)11-12(15)3/h9-11,13,16H,5-8H2,1-4H3. The molecule has 0 aliphatic rings. The van der Waals surface area contributed by atoms with Crippen molar-refractivity contribution < 1.29 is 4.74 Å². The molecule has 1 aromatic carbocycles. The molecule has 1 unspecified atom stereocenters. The van der Waals surface area contributed by atoms with E-state index < -0.39 is 0 Å². The van der Waals surface area contributed by atoms with Crippen LogP contribution in [-0.2, 0) is 0 Å². The Bertz CT molecular complexity index is 356. The van der Waals surface area contributed by atoms with Crippen LogP contribution >= 0.6 is 11.6 Å². The molecular weight excluding hydrogens is 244 g/mol. The van der Waals surface area contributed by atoms with E-state index >= 15 is 0 Å². The van der Waals surface area contributed by atoms with Crippen LogP contribution in [0.4, 0.5) is 0 Å². The third kappa shape index (κ3) is 3.91. The fourth-order valence-corrected chi connectivity index (χ4v) is 3.01. The first-order valence-corrected chi connectivity index (χ1v) is 7.36. The molecule has 1 nitrogen and oxygen atoms in total. The summed E-state index contributed by atoms with van der Waals surface area (Å²) in [6, 6.07) is 6.19. The average Bonchev–Trinajstić information content (AvgIpc) is 2.37. The maximum absolute atomic E-state index is 6.69. The van der Waals surface area contributed by atoms with Gasteiger partial charge < -0.3 is 4.74 Å². The molecule has 18 heavy (non-hydrogen) atoms. The largest absolute Gasteiger partial charge is 0.497 e. The molecule has 0 bridgehead atoms. The molecule has 0 aromatic heterocycles. The Kier molecular flexibility index (Phi) is 6.56. The summed E-state index contributed by atoms with van der Waals surface area (Å²) < 4.78 is 5.24. The van der Waals surface area contributed by atoms with E-state index in [9.17, 15) is 0 Å². The summed E-state index contributed by atoms with van der Waals surface area (Å²) in [5.41, 5.74) is 2.48. The van der Waals surface area contributed by atoms with Crippen LogP contribution in [0.15, 0.2) is 18.2 Å². The molecule has 0 aliphatic heterocycles. The molecule has 0 fully saturated rings. The van der Waals surface area contributed by atoms with Gasteiger partial charge in [0.25, 0.3) is 0 Å². The van der Waals surface area contributed by atoms with E-state index in [0.717, 1.165) is 5.75 Å². The zero-order valence-electron chi connectivity index (χ0n) is 12.0. The third-order valence-corrected chi connectivity index (χ3v) is 4.10. The molecular formula is C16H25ClO. The van der Waals surface area contributed by atoms with Crippen molar-refractivity contribution in [3.05, 3.63) is 29.3 Å². The number of methoxy groups -OCH3 is 1. The minimum Gasteiger partial charge on any atom is -0.497 e. The van der Waals surface area contributed by atoms with Crippen LogP contribution in [0, 0.1) is 12.8 Å². The fraction of sp³-hybridized carbons (Fsp3) is 0.625. The molecule has 1 rings (SSSR count). The summed E-state index contributed by atoms with van der Waals surface area (Å²) in [4.78, 5) is 0. The van der Waals surface area contributed by atoms with Crippen LogP contribution in [0.2, 0.25) is 0 Å². The lowest BCUT2D eigenvalue weighted by Gasteiger charge is -2.23. The molecule has 2 heteroatoms. The minimum atomic E-state index is 0.121. The molecule has 0 heterocycles. The zero-order chi connectivity index (χ0) is 13.5. The van der Waals surface area contributed by atoms with E-state index in [0.29, 0.717) is 5.92 Å². The van der Waals surface area contributed by atoms with Gasteiger partial charge in [-0.15, -0.1) is 11.6 Å². The first kappa shape index (κ1) is 15.4. The zero-order valence-corrected chi connectivity index (χ0v) is 12.8. The molecule has 0 aliphatic carbocycles. The highest BCUT2D eigenvalue weighted by atomic mass is 35.5. The monoisotopic (exact) mass is 268 g/mol. The Labute approximate surface area is 116 Å². The van der Waals surface area contributed by atoms with Crippen molar-refractivity contribution in [2.75, 3.05) is 7.11 Å². The summed E-state index contributed by atoms with van der Waals surface area (Å²) in [7, 11) is 1.70. The molecule has 1 aromatic rings.